The van der Waals surface area contributed by atoms with Gasteiger partial charge >= 0.3 is 0 Å². The van der Waals surface area contributed by atoms with Gasteiger partial charge in [-0.05, 0) is 24.3 Å². The second-order valence-corrected chi connectivity index (χ2v) is 6.95. The molecule has 0 atom stereocenters. The normalized spacial score (nSPS) is 9.79. The van der Waals surface area contributed by atoms with Gasteiger partial charge in [-0.25, -0.2) is 0 Å². The Morgan fingerprint density at radius 2 is 1.61 bits per heavy atom. The Labute approximate surface area is 202 Å². The average molecular weight is 498 g/mol. The summed E-state index contributed by atoms with van der Waals surface area (Å²) in [5, 5.41) is 15.5. The molecule has 0 aromatic heterocycles. The van der Waals surface area contributed by atoms with Crippen LogP contribution in [0, 0.1) is 5.41 Å². The molecule has 0 aliphatic carbocycles. The maximum absolute atomic E-state index is 12.7. The predicted octanol–water partition coefficient (Wildman–Crippen LogP) is 1.23. The smallest absolute Gasteiger partial charge is 0.257 e. The van der Waals surface area contributed by atoms with E-state index in [1.807, 2.05) is 0 Å². The SMILES string of the molecule is CNC(=O)COc1cc(Cl)cc(C(=O)NCc2ccc(C(=N)N)cc2OCC(=O)NC)c1.Cl. The minimum absolute atomic E-state index is 0. The summed E-state index contributed by atoms with van der Waals surface area (Å²) in [6.07, 6.45) is 0. The number of rotatable bonds is 10. The van der Waals surface area contributed by atoms with E-state index in [1.54, 1.807) is 12.1 Å². The number of halogens is 2. The van der Waals surface area contributed by atoms with E-state index in [-0.39, 0.29) is 66.2 Å². The number of nitrogens with two attached hydrogens (primary N) is 1. The Morgan fingerprint density at radius 1 is 0.970 bits per heavy atom. The number of carbonyl (C=O) groups is 3. The number of ether oxygens (including phenoxy) is 2. The van der Waals surface area contributed by atoms with Gasteiger partial charge in [0.25, 0.3) is 17.7 Å². The number of nitrogens with one attached hydrogen (secondary N) is 4. The molecule has 0 fully saturated rings. The molecule has 12 heteroatoms. The summed E-state index contributed by atoms with van der Waals surface area (Å²) in [4.78, 5) is 35.5. The maximum Gasteiger partial charge on any atom is 0.257 e. The Kier molecular flexibility index (Phi) is 11.0. The van der Waals surface area contributed by atoms with Gasteiger partial charge in [-0.2, -0.15) is 0 Å². The highest BCUT2D eigenvalue weighted by Gasteiger charge is 2.13. The minimum Gasteiger partial charge on any atom is -0.484 e. The van der Waals surface area contributed by atoms with E-state index in [4.69, 9.17) is 32.2 Å². The van der Waals surface area contributed by atoms with Gasteiger partial charge in [-0.1, -0.05) is 23.7 Å². The lowest BCUT2D eigenvalue weighted by Gasteiger charge is -2.14. The summed E-state index contributed by atoms with van der Waals surface area (Å²) in [5.74, 6) is -0.682. The first kappa shape index (κ1) is 27.5. The molecule has 0 spiro atoms. The van der Waals surface area contributed by atoms with Crippen molar-refractivity contribution in [2.24, 2.45) is 5.73 Å². The Morgan fingerprint density at radius 3 is 2.21 bits per heavy atom. The van der Waals surface area contributed by atoms with Crippen LogP contribution in [-0.4, -0.2) is 50.9 Å². The zero-order chi connectivity index (χ0) is 23.7. The van der Waals surface area contributed by atoms with E-state index in [9.17, 15) is 14.4 Å². The van der Waals surface area contributed by atoms with Gasteiger partial charge in [-0.3, -0.25) is 19.8 Å². The van der Waals surface area contributed by atoms with Gasteiger partial charge in [0.1, 0.15) is 17.3 Å². The first-order valence-corrected chi connectivity index (χ1v) is 9.84. The first-order valence-electron chi connectivity index (χ1n) is 9.46. The van der Waals surface area contributed by atoms with Crippen LogP contribution >= 0.6 is 24.0 Å². The first-order chi connectivity index (χ1) is 15.2. The molecule has 0 unspecified atom stereocenters. The van der Waals surface area contributed by atoms with Crippen molar-refractivity contribution in [1.29, 1.82) is 5.41 Å². The third-order valence-electron chi connectivity index (χ3n) is 4.24. The highest BCUT2D eigenvalue weighted by Crippen LogP contribution is 2.23. The van der Waals surface area contributed by atoms with Gasteiger partial charge in [0.15, 0.2) is 13.2 Å². The highest BCUT2D eigenvalue weighted by atomic mass is 35.5. The largest absolute Gasteiger partial charge is 0.484 e. The number of carbonyl (C=O) groups excluding carboxylic acids is 3. The quantitative estimate of drug-likeness (QED) is 0.245. The molecule has 0 aliphatic heterocycles. The van der Waals surface area contributed by atoms with Crippen molar-refractivity contribution < 1.29 is 23.9 Å². The number of amidine groups is 1. The number of nitrogen functional groups attached to an aromatic ring is 1. The molecule has 2 aromatic rings. The molecule has 33 heavy (non-hydrogen) atoms. The van der Waals surface area contributed by atoms with Crippen LogP contribution in [0.2, 0.25) is 5.02 Å². The van der Waals surface area contributed by atoms with Gasteiger partial charge in [-0.15, -0.1) is 12.4 Å². The van der Waals surface area contributed by atoms with Crippen LogP contribution in [0.3, 0.4) is 0 Å². The average Bonchev–Trinajstić information content (AvgIpc) is 2.78. The van der Waals surface area contributed by atoms with Crippen LogP contribution in [0.1, 0.15) is 21.5 Å². The lowest BCUT2D eigenvalue weighted by Crippen LogP contribution is -2.26. The van der Waals surface area contributed by atoms with Crippen LogP contribution in [0.15, 0.2) is 36.4 Å². The van der Waals surface area contributed by atoms with Gasteiger partial charge in [0, 0.05) is 42.4 Å². The van der Waals surface area contributed by atoms with Crippen molar-refractivity contribution >= 4 is 47.6 Å². The molecule has 2 rings (SSSR count). The molecule has 0 aliphatic rings. The summed E-state index contributed by atoms with van der Waals surface area (Å²) in [6.45, 7) is -0.382. The van der Waals surface area contributed by atoms with E-state index >= 15 is 0 Å². The molecule has 0 radical (unpaired) electrons. The molecule has 178 valence electrons. The van der Waals surface area contributed by atoms with E-state index in [0.29, 0.717) is 16.9 Å². The van der Waals surface area contributed by atoms with E-state index < -0.39 is 5.91 Å². The minimum atomic E-state index is -0.440. The fourth-order valence-electron chi connectivity index (χ4n) is 2.49. The third-order valence-corrected chi connectivity index (χ3v) is 4.46. The molecule has 10 nitrogen and oxygen atoms in total. The predicted molar refractivity (Wildman–Crippen MR) is 126 cm³/mol. The van der Waals surface area contributed by atoms with Gasteiger partial charge in [0.2, 0.25) is 0 Å². The third kappa shape index (κ3) is 8.51. The van der Waals surface area contributed by atoms with Crippen molar-refractivity contribution in [3.8, 4) is 11.5 Å². The Bertz CT molecular complexity index is 1030. The Hall–Kier alpha value is -3.50. The van der Waals surface area contributed by atoms with Crippen molar-refractivity contribution in [3.63, 3.8) is 0 Å². The molecule has 3 amide bonds. The maximum atomic E-state index is 12.7. The fourth-order valence-corrected chi connectivity index (χ4v) is 2.72. The molecule has 0 heterocycles. The summed E-state index contributed by atoms with van der Waals surface area (Å²) < 4.78 is 10.9. The molecule has 0 saturated heterocycles. The number of hydrogen-bond donors (Lipinski definition) is 5. The van der Waals surface area contributed by atoms with Crippen LogP contribution in [0.25, 0.3) is 0 Å². The monoisotopic (exact) mass is 497 g/mol. The topological polar surface area (TPSA) is 156 Å². The fraction of sp³-hybridized carbons (Fsp3) is 0.238. The van der Waals surface area contributed by atoms with Crippen molar-refractivity contribution in [2.45, 2.75) is 6.54 Å². The second kappa shape index (κ2) is 13.1. The molecular weight excluding hydrogens is 473 g/mol. The summed E-state index contributed by atoms with van der Waals surface area (Å²) in [6, 6.07) is 9.20. The standard InChI is InChI=1S/C21H24ClN5O5.ClH/c1-25-18(28)10-31-16-6-14(5-15(22)8-16)21(30)27-9-13-4-3-12(20(23)24)7-17(13)32-11-19(29)26-2;/h3-8H,9-11H2,1-2H3,(H3,23,24)(H,25,28)(H,26,29)(H,27,30);1H. The zero-order valence-electron chi connectivity index (χ0n) is 18.0. The van der Waals surface area contributed by atoms with Crippen molar-refractivity contribution in [1.82, 2.24) is 16.0 Å². The van der Waals surface area contributed by atoms with Crippen LogP contribution < -0.4 is 31.2 Å². The van der Waals surface area contributed by atoms with E-state index in [2.05, 4.69) is 16.0 Å². The molecule has 0 bridgehead atoms. The summed E-state index contributed by atoms with van der Waals surface area (Å²) >= 11 is 6.07. The zero-order valence-corrected chi connectivity index (χ0v) is 19.6. The van der Waals surface area contributed by atoms with Gasteiger partial charge in [0.05, 0.1) is 0 Å². The lowest BCUT2D eigenvalue weighted by molar-refractivity contribution is -0.123. The van der Waals surface area contributed by atoms with E-state index in [1.165, 1.54) is 38.4 Å². The lowest BCUT2D eigenvalue weighted by atomic mass is 10.1. The number of amides is 3. The molecule has 2 aromatic carbocycles. The van der Waals surface area contributed by atoms with E-state index in [0.717, 1.165) is 0 Å². The number of benzene rings is 2. The van der Waals surface area contributed by atoms with Crippen LogP contribution in [-0.2, 0) is 16.1 Å². The summed E-state index contributed by atoms with van der Waals surface area (Å²) in [5.41, 5.74) is 6.75. The van der Waals surface area contributed by atoms with Gasteiger partial charge < -0.3 is 31.2 Å². The second-order valence-electron chi connectivity index (χ2n) is 6.52. The number of likely N-dealkylation sites (N-methyl/N-ethyl adjacent to an activating group) is 2. The van der Waals surface area contributed by atoms with Crippen LogP contribution in [0.4, 0.5) is 0 Å². The number of hydrogen-bond acceptors (Lipinski definition) is 6. The highest BCUT2D eigenvalue weighted by molar-refractivity contribution is 6.31. The molecular formula is C21H25Cl2N5O5. The molecule has 6 N–H and O–H groups in total. The Balaban J connectivity index is 0.00000544. The van der Waals surface area contributed by atoms with Crippen molar-refractivity contribution in [2.75, 3.05) is 27.3 Å². The van der Waals surface area contributed by atoms with Crippen LogP contribution in [0.5, 0.6) is 11.5 Å². The molecule has 0 saturated carbocycles. The van der Waals surface area contributed by atoms with Crippen molar-refractivity contribution in [3.05, 3.63) is 58.1 Å². The summed E-state index contributed by atoms with van der Waals surface area (Å²) in [7, 11) is 2.97.